The van der Waals surface area contributed by atoms with Crippen LogP contribution < -0.4 is 9.47 Å². The van der Waals surface area contributed by atoms with Crippen LogP contribution in [0.1, 0.15) is 24.0 Å². The fourth-order valence-electron chi connectivity index (χ4n) is 4.34. The van der Waals surface area contributed by atoms with E-state index in [2.05, 4.69) is 23.1 Å². The van der Waals surface area contributed by atoms with Gasteiger partial charge in [-0.05, 0) is 42.5 Å². The van der Waals surface area contributed by atoms with E-state index in [1.54, 1.807) is 14.2 Å². The molecular weight excluding hydrogens is 344 g/mol. The Balaban J connectivity index is 1.36. The van der Waals surface area contributed by atoms with Crippen LogP contribution in [0.2, 0.25) is 0 Å². The van der Waals surface area contributed by atoms with Gasteiger partial charge in [0.1, 0.15) is 0 Å². The number of nitrogens with zero attached hydrogens (tertiary/aromatic N) is 2. The van der Waals surface area contributed by atoms with Gasteiger partial charge in [-0.2, -0.15) is 0 Å². The molecule has 3 aliphatic heterocycles. The van der Waals surface area contributed by atoms with Crippen LogP contribution in [0.4, 0.5) is 0 Å². The number of likely N-dealkylation sites (tertiary alicyclic amines) is 1. The van der Waals surface area contributed by atoms with E-state index >= 15 is 0 Å². The quantitative estimate of drug-likeness (QED) is 0.757. The molecule has 0 unspecified atom stereocenters. The molecule has 0 atom stereocenters. The molecule has 146 valence electrons. The van der Waals surface area contributed by atoms with Gasteiger partial charge in [-0.15, -0.1) is 0 Å². The summed E-state index contributed by atoms with van der Waals surface area (Å²) in [6.45, 7) is 4.38. The van der Waals surface area contributed by atoms with Crippen LogP contribution in [-0.4, -0.2) is 68.3 Å². The number of hydrogen-bond donors (Lipinski definition) is 0. The predicted molar refractivity (Wildman–Crippen MR) is 102 cm³/mol. The predicted octanol–water partition coefficient (Wildman–Crippen LogP) is 2.01. The molecule has 0 bridgehead atoms. The van der Waals surface area contributed by atoms with Crippen molar-refractivity contribution in [3.8, 4) is 11.5 Å². The molecule has 1 fully saturated rings. The zero-order valence-corrected chi connectivity index (χ0v) is 16.2. The summed E-state index contributed by atoms with van der Waals surface area (Å²) in [7, 11) is 3.31. The van der Waals surface area contributed by atoms with Gasteiger partial charge in [-0.3, -0.25) is 9.69 Å². The van der Waals surface area contributed by atoms with E-state index in [4.69, 9.17) is 14.2 Å². The topological polar surface area (TPSA) is 51.2 Å². The second-order valence-corrected chi connectivity index (χ2v) is 7.60. The summed E-state index contributed by atoms with van der Waals surface area (Å²) in [5.74, 6) is 1.73. The third-order valence-electron chi connectivity index (χ3n) is 6.01. The zero-order chi connectivity index (χ0) is 18.9. The minimum absolute atomic E-state index is 0.115. The molecule has 0 N–H and O–H groups in total. The number of fused-ring (bicyclic) bond motifs is 1. The molecule has 1 aromatic carbocycles. The number of ether oxygens (including phenoxy) is 3. The fourth-order valence-corrected chi connectivity index (χ4v) is 4.34. The van der Waals surface area contributed by atoms with Crippen LogP contribution in [-0.2, 0) is 22.5 Å². The van der Waals surface area contributed by atoms with Gasteiger partial charge in [-0.25, -0.2) is 0 Å². The van der Waals surface area contributed by atoms with E-state index in [-0.39, 0.29) is 11.5 Å². The zero-order valence-electron chi connectivity index (χ0n) is 16.2. The number of rotatable bonds is 4. The first-order valence-corrected chi connectivity index (χ1v) is 9.68. The summed E-state index contributed by atoms with van der Waals surface area (Å²) in [5, 5.41) is 0. The van der Waals surface area contributed by atoms with Crippen LogP contribution >= 0.6 is 0 Å². The second kappa shape index (κ2) is 7.52. The molecular formula is C21H28N2O4. The Morgan fingerprint density at radius 3 is 2.44 bits per heavy atom. The maximum Gasteiger partial charge on any atom is 0.236 e. The summed E-state index contributed by atoms with van der Waals surface area (Å²) in [4.78, 5) is 17.0. The number of methoxy groups -OCH3 is 2. The van der Waals surface area contributed by atoms with E-state index in [0.29, 0.717) is 13.2 Å². The number of amides is 1. The van der Waals surface area contributed by atoms with E-state index < -0.39 is 0 Å². The normalized spacial score (nSPS) is 21.3. The Bertz CT molecular complexity index is 738. The highest BCUT2D eigenvalue weighted by Gasteiger charge is 2.36. The summed E-state index contributed by atoms with van der Waals surface area (Å²) in [6.07, 6.45) is 6.98. The molecule has 3 aliphatic rings. The van der Waals surface area contributed by atoms with E-state index in [1.165, 1.54) is 11.1 Å². The minimum Gasteiger partial charge on any atom is -0.493 e. The molecule has 0 saturated carbocycles. The van der Waals surface area contributed by atoms with Crippen molar-refractivity contribution < 1.29 is 19.0 Å². The highest BCUT2D eigenvalue weighted by molar-refractivity contribution is 5.78. The van der Waals surface area contributed by atoms with Crippen molar-refractivity contribution in [3.05, 3.63) is 35.4 Å². The van der Waals surface area contributed by atoms with Gasteiger partial charge >= 0.3 is 0 Å². The molecule has 4 rings (SSSR count). The van der Waals surface area contributed by atoms with Gasteiger partial charge in [-0.1, -0.05) is 12.2 Å². The molecule has 0 aromatic heterocycles. The lowest BCUT2D eigenvalue weighted by Gasteiger charge is -2.39. The Morgan fingerprint density at radius 2 is 1.81 bits per heavy atom. The van der Waals surface area contributed by atoms with E-state index in [1.807, 2.05) is 11.0 Å². The average Bonchev–Trinajstić information content (AvgIpc) is 3.15. The highest BCUT2D eigenvalue weighted by Crippen LogP contribution is 2.34. The van der Waals surface area contributed by atoms with E-state index in [9.17, 15) is 4.79 Å². The van der Waals surface area contributed by atoms with Gasteiger partial charge in [0.15, 0.2) is 11.5 Å². The van der Waals surface area contributed by atoms with Crippen molar-refractivity contribution in [1.82, 2.24) is 9.80 Å². The molecule has 1 aromatic rings. The largest absolute Gasteiger partial charge is 0.493 e. The monoisotopic (exact) mass is 372 g/mol. The molecule has 6 nitrogen and oxygen atoms in total. The number of piperidine rings is 1. The molecule has 3 heterocycles. The Hall–Kier alpha value is -2.05. The Morgan fingerprint density at radius 1 is 1.11 bits per heavy atom. The summed E-state index contributed by atoms with van der Waals surface area (Å²) < 4.78 is 16.7. The number of benzene rings is 1. The molecule has 1 saturated heterocycles. The van der Waals surface area contributed by atoms with Crippen LogP contribution in [0.5, 0.6) is 11.5 Å². The minimum atomic E-state index is -0.115. The maximum atomic E-state index is 12.8. The van der Waals surface area contributed by atoms with Crippen molar-refractivity contribution in [2.75, 3.05) is 47.0 Å². The van der Waals surface area contributed by atoms with Crippen molar-refractivity contribution in [2.24, 2.45) is 0 Å². The summed E-state index contributed by atoms with van der Waals surface area (Å²) >= 11 is 0. The Kier molecular flexibility index (Phi) is 5.10. The first-order valence-electron chi connectivity index (χ1n) is 9.68. The molecule has 1 spiro atoms. The lowest BCUT2D eigenvalue weighted by atomic mass is 9.91. The maximum absolute atomic E-state index is 12.8. The third kappa shape index (κ3) is 3.69. The highest BCUT2D eigenvalue weighted by atomic mass is 16.5. The van der Waals surface area contributed by atoms with Crippen molar-refractivity contribution >= 4 is 5.91 Å². The lowest BCUT2D eigenvalue weighted by Crippen LogP contribution is -2.49. The molecule has 27 heavy (non-hydrogen) atoms. The van der Waals surface area contributed by atoms with Gasteiger partial charge in [0, 0.05) is 26.2 Å². The smallest absolute Gasteiger partial charge is 0.236 e. The van der Waals surface area contributed by atoms with Crippen LogP contribution in [0.25, 0.3) is 0 Å². The number of hydrogen-bond acceptors (Lipinski definition) is 5. The number of carbonyl (C=O) groups is 1. The van der Waals surface area contributed by atoms with Crippen LogP contribution in [0, 0.1) is 0 Å². The molecule has 1 amide bonds. The fraction of sp³-hybridized carbons (Fsp3) is 0.571. The van der Waals surface area contributed by atoms with Crippen LogP contribution in [0.15, 0.2) is 24.3 Å². The molecule has 0 aliphatic carbocycles. The van der Waals surface area contributed by atoms with Crippen molar-refractivity contribution in [1.29, 1.82) is 0 Å². The van der Waals surface area contributed by atoms with Gasteiger partial charge < -0.3 is 19.1 Å². The second-order valence-electron chi connectivity index (χ2n) is 7.60. The third-order valence-corrected chi connectivity index (χ3v) is 6.01. The van der Waals surface area contributed by atoms with Crippen LogP contribution in [0.3, 0.4) is 0 Å². The van der Waals surface area contributed by atoms with E-state index in [0.717, 1.165) is 56.9 Å². The van der Waals surface area contributed by atoms with Crippen molar-refractivity contribution in [3.63, 3.8) is 0 Å². The van der Waals surface area contributed by atoms with Crippen molar-refractivity contribution in [2.45, 2.75) is 31.4 Å². The first kappa shape index (κ1) is 18.3. The van der Waals surface area contributed by atoms with Gasteiger partial charge in [0.25, 0.3) is 0 Å². The lowest BCUT2D eigenvalue weighted by molar-refractivity contribution is -0.136. The summed E-state index contributed by atoms with van der Waals surface area (Å²) in [6, 6.07) is 4.10. The molecule has 0 radical (unpaired) electrons. The molecule has 6 heteroatoms. The van der Waals surface area contributed by atoms with Gasteiger partial charge in [0.05, 0.1) is 33.0 Å². The standard InChI is InChI=1S/C21H28N2O4/c1-25-18-12-16-4-8-22(14-17(16)13-19(18)26-2)15-20(24)23-9-6-21(7-10-23)5-3-11-27-21/h3,5,12-13H,4,6-11,14-15H2,1-2H3. The van der Waals surface area contributed by atoms with Gasteiger partial charge in [0.2, 0.25) is 5.91 Å². The summed E-state index contributed by atoms with van der Waals surface area (Å²) in [5.41, 5.74) is 2.38. The number of carbonyl (C=O) groups excluding carboxylic acids is 1. The Labute approximate surface area is 160 Å². The average molecular weight is 372 g/mol. The SMILES string of the molecule is COc1cc2c(cc1OC)CN(CC(=O)N1CCC3(C=CCO3)CC1)CC2. The first-order chi connectivity index (χ1) is 13.1.